The molecular weight excluding hydrogens is 340 g/mol. The predicted octanol–water partition coefficient (Wildman–Crippen LogP) is 2.49. The van der Waals surface area contributed by atoms with E-state index in [1.807, 2.05) is 0 Å². The first kappa shape index (κ1) is 15.8. The molecule has 0 radical (unpaired) electrons. The van der Waals surface area contributed by atoms with E-state index in [4.69, 9.17) is 4.52 Å². The SMILES string of the molecule is Cc1nc(C2(NC(=O)c3csc(-c4ncccn4)n3)CCCC2)no1. The fraction of sp³-hybridized carbons (Fsp3) is 0.375. The number of carbonyl (C=O) groups excluding carboxylic acids is 1. The maximum absolute atomic E-state index is 12.7. The van der Waals surface area contributed by atoms with Gasteiger partial charge in [0.05, 0.1) is 0 Å². The van der Waals surface area contributed by atoms with Crippen LogP contribution in [0.4, 0.5) is 0 Å². The number of nitrogens with one attached hydrogen (secondary N) is 1. The van der Waals surface area contributed by atoms with Crippen molar-refractivity contribution in [3.63, 3.8) is 0 Å². The van der Waals surface area contributed by atoms with Gasteiger partial charge < -0.3 is 9.84 Å². The van der Waals surface area contributed by atoms with E-state index in [1.165, 1.54) is 11.3 Å². The third-order valence-corrected chi connectivity index (χ3v) is 5.10. The van der Waals surface area contributed by atoms with E-state index < -0.39 is 5.54 Å². The summed E-state index contributed by atoms with van der Waals surface area (Å²) in [5.74, 6) is 1.30. The van der Waals surface area contributed by atoms with Gasteiger partial charge in [-0.1, -0.05) is 18.0 Å². The molecule has 25 heavy (non-hydrogen) atoms. The lowest BCUT2D eigenvalue weighted by Gasteiger charge is -2.26. The number of hydrogen-bond donors (Lipinski definition) is 1. The molecule has 3 aromatic heterocycles. The van der Waals surface area contributed by atoms with Crippen molar-refractivity contribution in [2.24, 2.45) is 0 Å². The molecule has 3 heterocycles. The fourth-order valence-electron chi connectivity index (χ4n) is 3.05. The molecule has 1 amide bonds. The average molecular weight is 356 g/mol. The Labute approximate surface area is 147 Å². The second-order valence-electron chi connectivity index (χ2n) is 5.99. The summed E-state index contributed by atoms with van der Waals surface area (Å²) in [7, 11) is 0. The van der Waals surface area contributed by atoms with Gasteiger partial charge in [0.1, 0.15) is 11.2 Å². The van der Waals surface area contributed by atoms with Gasteiger partial charge in [0.25, 0.3) is 5.91 Å². The van der Waals surface area contributed by atoms with Crippen molar-refractivity contribution in [1.29, 1.82) is 0 Å². The van der Waals surface area contributed by atoms with Crippen LogP contribution in [0.3, 0.4) is 0 Å². The largest absolute Gasteiger partial charge is 0.340 e. The summed E-state index contributed by atoms with van der Waals surface area (Å²) < 4.78 is 5.11. The van der Waals surface area contributed by atoms with Crippen LogP contribution in [0.2, 0.25) is 0 Å². The number of aromatic nitrogens is 5. The van der Waals surface area contributed by atoms with Crippen LogP contribution in [0.1, 0.15) is 47.9 Å². The van der Waals surface area contributed by atoms with E-state index >= 15 is 0 Å². The summed E-state index contributed by atoms with van der Waals surface area (Å²) in [6.45, 7) is 1.74. The minimum Gasteiger partial charge on any atom is -0.340 e. The van der Waals surface area contributed by atoms with Crippen molar-refractivity contribution in [1.82, 2.24) is 30.4 Å². The van der Waals surface area contributed by atoms with E-state index in [-0.39, 0.29) is 5.91 Å². The van der Waals surface area contributed by atoms with Crippen LogP contribution in [0, 0.1) is 6.92 Å². The predicted molar refractivity (Wildman–Crippen MR) is 89.8 cm³/mol. The summed E-state index contributed by atoms with van der Waals surface area (Å²) in [6, 6.07) is 1.74. The lowest BCUT2D eigenvalue weighted by atomic mass is 9.96. The maximum atomic E-state index is 12.7. The van der Waals surface area contributed by atoms with Crippen LogP contribution in [0.25, 0.3) is 10.8 Å². The van der Waals surface area contributed by atoms with Crippen molar-refractivity contribution in [3.8, 4) is 10.8 Å². The Kier molecular flexibility index (Phi) is 4.00. The van der Waals surface area contributed by atoms with Crippen LogP contribution in [0.5, 0.6) is 0 Å². The number of hydrogen-bond acceptors (Lipinski definition) is 8. The highest BCUT2D eigenvalue weighted by Gasteiger charge is 2.41. The number of nitrogens with zero attached hydrogens (tertiary/aromatic N) is 5. The van der Waals surface area contributed by atoms with Gasteiger partial charge in [0.2, 0.25) is 5.89 Å². The Morgan fingerprint density at radius 2 is 2.00 bits per heavy atom. The molecule has 1 aliphatic rings. The fourth-order valence-corrected chi connectivity index (χ4v) is 3.79. The molecule has 1 fully saturated rings. The lowest BCUT2D eigenvalue weighted by Crippen LogP contribution is -2.44. The second-order valence-corrected chi connectivity index (χ2v) is 6.85. The van der Waals surface area contributed by atoms with Gasteiger partial charge in [0.15, 0.2) is 16.7 Å². The van der Waals surface area contributed by atoms with E-state index in [0.29, 0.717) is 28.2 Å². The third-order valence-electron chi connectivity index (χ3n) is 4.26. The van der Waals surface area contributed by atoms with E-state index in [9.17, 15) is 4.79 Å². The Balaban J connectivity index is 1.58. The van der Waals surface area contributed by atoms with Gasteiger partial charge in [-0.3, -0.25) is 4.79 Å². The molecule has 1 aliphatic carbocycles. The first-order chi connectivity index (χ1) is 12.2. The molecule has 8 nitrogen and oxygen atoms in total. The molecule has 0 aromatic carbocycles. The number of amides is 1. The zero-order valence-electron chi connectivity index (χ0n) is 13.6. The van der Waals surface area contributed by atoms with Crippen molar-refractivity contribution in [3.05, 3.63) is 41.2 Å². The van der Waals surface area contributed by atoms with Gasteiger partial charge >= 0.3 is 0 Å². The zero-order valence-corrected chi connectivity index (χ0v) is 14.4. The van der Waals surface area contributed by atoms with Crippen LogP contribution in [-0.4, -0.2) is 31.0 Å². The highest BCUT2D eigenvalue weighted by atomic mass is 32.1. The molecule has 128 valence electrons. The summed E-state index contributed by atoms with van der Waals surface area (Å²) in [5, 5.41) is 9.44. The van der Waals surface area contributed by atoms with Crippen molar-refractivity contribution < 1.29 is 9.32 Å². The number of rotatable bonds is 4. The molecule has 0 aliphatic heterocycles. The molecule has 4 rings (SSSR count). The normalized spacial score (nSPS) is 16.0. The van der Waals surface area contributed by atoms with Crippen LogP contribution in [-0.2, 0) is 5.54 Å². The molecule has 0 saturated heterocycles. The highest BCUT2D eigenvalue weighted by molar-refractivity contribution is 7.13. The van der Waals surface area contributed by atoms with Crippen LogP contribution < -0.4 is 5.32 Å². The van der Waals surface area contributed by atoms with Gasteiger partial charge in [0, 0.05) is 24.7 Å². The summed E-state index contributed by atoms with van der Waals surface area (Å²) in [4.78, 5) is 29.8. The first-order valence-corrected chi connectivity index (χ1v) is 8.90. The standard InChI is InChI=1S/C16H16N6O2S/c1-10-19-15(22-24-10)16(5-2-3-6-16)21-13(23)11-9-25-14(20-11)12-17-7-4-8-18-12/h4,7-9H,2-3,5-6H2,1H3,(H,21,23). The molecule has 0 unspecified atom stereocenters. The Hall–Kier alpha value is -2.68. The monoisotopic (exact) mass is 356 g/mol. The zero-order chi connectivity index (χ0) is 17.3. The number of aryl methyl sites for hydroxylation is 1. The summed E-state index contributed by atoms with van der Waals surface area (Å²) >= 11 is 1.34. The number of thiazole rings is 1. The van der Waals surface area contributed by atoms with Crippen molar-refractivity contribution in [2.75, 3.05) is 0 Å². The van der Waals surface area contributed by atoms with E-state index in [1.54, 1.807) is 30.8 Å². The Morgan fingerprint density at radius 1 is 1.24 bits per heavy atom. The molecule has 1 N–H and O–H groups in total. The summed E-state index contributed by atoms with van der Waals surface area (Å²) in [5.41, 5.74) is -0.235. The Bertz CT molecular complexity index is 885. The molecule has 0 atom stereocenters. The lowest BCUT2D eigenvalue weighted by molar-refractivity contribution is 0.0887. The molecule has 3 aromatic rings. The van der Waals surface area contributed by atoms with E-state index in [0.717, 1.165) is 25.7 Å². The van der Waals surface area contributed by atoms with Crippen LogP contribution in [0.15, 0.2) is 28.4 Å². The molecule has 9 heteroatoms. The topological polar surface area (TPSA) is 107 Å². The maximum Gasteiger partial charge on any atom is 0.271 e. The van der Waals surface area contributed by atoms with Gasteiger partial charge in [-0.05, 0) is 18.9 Å². The highest BCUT2D eigenvalue weighted by Crippen LogP contribution is 2.37. The van der Waals surface area contributed by atoms with E-state index in [2.05, 4.69) is 30.4 Å². The molecule has 1 saturated carbocycles. The van der Waals surface area contributed by atoms with Gasteiger partial charge in [-0.15, -0.1) is 11.3 Å². The third kappa shape index (κ3) is 3.02. The minimum atomic E-state index is -0.581. The Morgan fingerprint density at radius 3 is 2.68 bits per heavy atom. The van der Waals surface area contributed by atoms with Crippen molar-refractivity contribution >= 4 is 17.2 Å². The van der Waals surface area contributed by atoms with Crippen LogP contribution >= 0.6 is 11.3 Å². The van der Waals surface area contributed by atoms with Crippen molar-refractivity contribution in [2.45, 2.75) is 38.1 Å². The van der Waals surface area contributed by atoms with Gasteiger partial charge in [-0.25, -0.2) is 15.0 Å². The first-order valence-electron chi connectivity index (χ1n) is 8.02. The second kappa shape index (κ2) is 6.32. The minimum absolute atomic E-state index is 0.247. The van der Waals surface area contributed by atoms with Gasteiger partial charge in [-0.2, -0.15) is 4.98 Å². The molecular formula is C16H16N6O2S. The quantitative estimate of drug-likeness (QED) is 0.765. The average Bonchev–Trinajstić information content (AvgIpc) is 3.36. The molecule has 0 bridgehead atoms. The summed E-state index contributed by atoms with van der Waals surface area (Å²) in [6.07, 6.45) is 6.89. The molecule has 0 spiro atoms. The number of carbonyl (C=O) groups is 1. The smallest absolute Gasteiger partial charge is 0.271 e.